The Balaban J connectivity index is 3.08. The van der Waals surface area contributed by atoms with Crippen LogP contribution in [0.25, 0.3) is 0 Å². The molecule has 0 radical (unpaired) electrons. The van der Waals surface area contributed by atoms with Crippen LogP contribution in [0.5, 0.6) is 0 Å². The number of hydrogen-bond acceptors (Lipinski definition) is 6. The highest BCUT2D eigenvalue weighted by molar-refractivity contribution is 7.98. The first kappa shape index (κ1) is 15.8. The molecule has 1 aromatic rings. The van der Waals surface area contributed by atoms with E-state index in [9.17, 15) is 18.5 Å². The molecule has 0 aliphatic heterocycles. The molecule has 0 aliphatic carbocycles. The van der Waals surface area contributed by atoms with Crippen molar-refractivity contribution in [1.29, 1.82) is 0 Å². The summed E-state index contributed by atoms with van der Waals surface area (Å²) in [4.78, 5) is 10.2. The number of nitro benzene ring substituents is 1. The number of hydrogen-bond donors (Lipinski definition) is 1. The molecule has 106 valence electrons. The highest BCUT2D eigenvalue weighted by Gasteiger charge is 2.25. The molecule has 0 aliphatic rings. The lowest BCUT2D eigenvalue weighted by Crippen LogP contribution is -2.09. The lowest BCUT2D eigenvalue weighted by atomic mass is 10.2. The molecule has 0 amide bonds. The lowest BCUT2D eigenvalue weighted by Gasteiger charge is -2.09. The Kier molecular flexibility index (Phi) is 5.61. The zero-order chi connectivity index (χ0) is 14.5. The summed E-state index contributed by atoms with van der Waals surface area (Å²) < 4.78 is 23.1. The van der Waals surface area contributed by atoms with Crippen molar-refractivity contribution < 1.29 is 13.3 Å². The van der Waals surface area contributed by atoms with E-state index in [-0.39, 0.29) is 16.3 Å². The number of thioether (sulfide) groups is 1. The number of nitro groups is 1. The predicted octanol–water partition coefficient (Wildman–Crippen LogP) is 2.16. The molecule has 0 bridgehead atoms. The number of nitrogens with zero attached hydrogens (tertiary/aromatic N) is 1. The number of rotatable bonds is 7. The Labute approximate surface area is 116 Å². The lowest BCUT2D eigenvalue weighted by molar-refractivity contribution is -0.386. The third kappa shape index (κ3) is 4.39. The van der Waals surface area contributed by atoms with Gasteiger partial charge in [0, 0.05) is 12.8 Å². The van der Waals surface area contributed by atoms with Crippen LogP contribution in [0.3, 0.4) is 0 Å². The van der Waals surface area contributed by atoms with Crippen molar-refractivity contribution in [2.45, 2.75) is 11.3 Å². The second-order valence-corrected chi connectivity index (χ2v) is 6.92. The second-order valence-electron chi connectivity index (χ2n) is 3.95. The Morgan fingerprint density at radius 3 is 2.63 bits per heavy atom. The number of nitrogens with one attached hydrogen (secondary N) is 1. The maximum atomic E-state index is 11.6. The fourth-order valence-electron chi connectivity index (χ4n) is 1.59. The van der Waals surface area contributed by atoms with Gasteiger partial charge in [-0.15, -0.1) is 0 Å². The molecule has 0 saturated heterocycles. The summed E-state index contributed by atoms with van der Waals surface area (Å²) in [5, 5.41) is 14.0. The smallest absolute Gasteiger partial charge is 0.310 e. The van der Waals surface area contributed by atoms with Crippen LogP contribution >= 0.6 is 11.8 Å². The number of anilines is 1. The minimum absolute atomic E-state index is 0.244. The third-order valence-corrected chi connectivity index (χ3v) is 4.25. The first-order valence-corrected chi connectivity index (χ1v) is 8.86. The molecule has 0 aromatic heterocycles. The summed E-state index contributed by atoms with van der Waals surface area (Å²) in [7, 11) is -3.62. The zero-order valence-corrected chi connectivity index (χ0v) is 12.4. The van der Waals surface area contributed by atoms with Gasteiger partial charge in [0.1, 0.15) is 10.6 Å². The standard InChI is InChI=1S/C11H16N2O4S2/c1-18-8-4-7-12-9-5-3-6-10(19(2,16)17)11(9)13(14)15/h3,5-6,12H,4,7-8H2,1-2H3. The normalized spacial score (nSPS) is 11.3. The molecular weight excluding hydrogens is 288 g/mol. The van der Waals surface area contributed by atoms with Crippen molar-refractivity contribution in [2.75, 3.05) is 30.1 Å². The summed E-state index contributed by atoms with van der Waals surface area (Å²) in [6.07, 6.45) is 3.79. The Morgan fingerprint density at radius 2 is 2.11 bits per heavy atom. The first-order valence-electron chi connectivity index (χ1n) is 5.58. The van der Waals surface area contributed by atoms with E-state index in [0.29, 0.717) is 6.54 Å². The first-order chi connectivity index (χ1) is 8.88. The van der Waals surface area contributed by atoms with Crippen molar-refractivity contribution in [3.63, 3.8) is 0 Å². The van der Waals surface area contributed by atoms with Gasteiger partial charge < -0.3 is 5.32 Å². The van der Waals surface area contributed by atoms with Gasteiger partial charge in [-0.2, -0.15) is 11.8 Å². The molecule has 6 nitrogen and oxygen atoms in total. The van der Waals surface area contributed by atoms with Gasteiger partial charge in [0.25, 0.3) is 0 Å². The molecule has 0 unspecified atom stereocenters. The molecule has 1 rings (SSSR count). The van der Waals surface area contributed by atoms with Crippen LogP contribution in [0.1, 0.15) is 6.42 Å². The Bertz CT molecular complexity index is 558. The molecule has 8 heteroatoms. The van der Waals surface area contributed by atoms with Gasteiger partial charge in [-0.05, 0) is 30.6 Å². The van der Waals surface area contributed by atoms with Crippen molar-refractivity contribution in [1.82, 2.24) is 0 Å². The van der Waals surface area contributed by atoms with E-state index in [1.807, 2.05) is 6.26 Å². The highest BCUT2D eigenvalue weighted by Crippen LogP contribution is 2.31. The predicted molar refractivity (Wildman–Crippen MR) is 77.7 cm³/mol. The number of para-hydroxylation sites is 1. The van der Waals surface area contributed by atoms with Gasteiger partial charge in [-0.25, -0.2) is 8.42 Å². The fraction of sp³-hybridized carbons (Fsp3) is 0.455. The second kappa shape index (κ2) is 6.76. The molecule has 0 spiro atoms. The third-order valence-electron chi connectivity index (χ3n) is 2.42. The van der Waals surface area contributed by atoms with Crippen LogP contribution in [0.4, 0.5) is 11.4 Å². The molecule has 1 N–H and O–H groups in total. The van der Waals surface area contributed by atoms with Crippen molar-refractivity contribution in [3.8, 4) is 0 Å². The molecular formula is C11H16N2O4S2. The highest BCUT2D eigenvalue weighted by atomic mass is 32.2. The van der Waals surface area contributed by atoms with Crippen LogP contribution in [-0.4, -0.2) is 38.2 Å². The average molecular weight is 304 g/mol. The van der Waals surface area contributed by atoms with Gasteiger partial charge in [0.2, 0.25) is 0 Å². The fourth-order valence-corrected chi connectivity index (χ4v) is 2.89. The number of benzene rings is 1. The van der Waals surface area contributed by atoms with Crippen LogP contribution in [0.2, 0.25) is 0 Å². The molecule has 19 heavy (non-hydrogen) atoms. The minimum atomic E-state index is -3.62. The minimum Gasteiger partial charge on any atom is -0.379 e. The van der Waals surface area contributed by atoms with Crippen molar-refractivity contribution in [2.24, 2.45) is 0 Å². The van der Waals surface area contributed by atoms with E-state index >= 15 is 0 Å². The summed E-state index contributed by atoms with van der Waals surface area (Å²) in [5.74, 6) is 0.937. The van der Waals surface area contributed by atoms with E-state index in [1.54, 1.807) is 11.8 Å². The summed E-state index contributed by atoms with van der Waals surface area (Å²) in [6.45, 7) is 0.564. The van der Waals surface area contributed by atoms with Gasteiger partial charge in [-0.3, -0.25) is 10.1 Å². The largest absolute Gasteiger partial charge is 0.379 e. The van der Waals surface area contributed by atoms with Crippen molar-refractivity contribution >= 4 is 33.0 Å². The van der Waals surface area contributed by atoms with Gasteiger partial charge in [-0.1, -0.05) is 6.07 Å². The molecule has 0 atom stereocenters. The molecule has 0 saturated carbocycles. The monoisotopic (exact) mass is 304 g/mol. The van der Waals surface area contributed by atoms with Gasteiger partial charge in [0.05, 0.1) is 4.92 Å². The van der Waals surface area contributed by atoms with Gasteiger partial charge in [0.15, 0.2) is 9.84 Å². The zero-order valence-electron chi connectivity index (χ0n) is 10.8. The van der Waals surface area contributed by atoms with Crippen LogP contribution in [0, 0.1) is 10.1 Å². The van der Waals surface area contributed by atoms with E-state index in [0.717, 1.165) is 18.4 Å². The topological polar surface area (TPSA) is 89.3 Å². The van der Waals surface area contributed by atoms with Gasteiger partial charge >= 0.3 is 5.69 Å². The number of sulfone groups is 1. The molecule has 1 aromatic carbocycles. The maximum absolute atomic E-state index is 11.6. The van der Waals surface area contributed by atoms with Crippen molar-refractivity contribution in [3.05, 3.63) is 28.3 Å². The van der Waals surface area contributed by atoms with E-state index < -0.39 is 14.8 Å². The SMILES string of the molecule is CSCCCNc1cccc(S(C)(=O)=O)c1[N+](=O)[O-]. The van der Waals surface area contributed by atoms with E-state index in [2.05, 4.69) is 5.32 Å². The summed E-state index contributed by atoms with van der Waals surface area (Å²) in [5.41, 5.74) is -0.136. The Hall–Kier alpha value is -1.28. The molecule has 0 fully saturated rings. The summed E-state index contributed by atoms with van der Waals surface area (Å²) in [6, 6.07) is 4.27. The Morgan fingerprint density at radius 1 is 1.42 bits per heavy atom. The molecule has 0 heterocycles. The maximum Gasteiger partial charge on any atom is 0.310 e. The van der Waals surface area contributed by atoms with Crippen LogP contribution in [0.15, 0.2) is 23.1 Å². The van der Waals surface area contributed by atoms with Crippen LogP contribution in [-0.2, 0) is 9.84 Å². The van der Waals surface area contributed by atoms with E-state index in [4.69, 9.17) is 0 Å². The quantitative estimate of drug-likeness (QED) is 0.472. The average Bonchev–Trinajstić information content (AvgIpc) is 2.33. The summed E-state index contributed by atoms with van der Waals surface area (Å²) >= 11 is 1.68. The van der Waals surface area contributed by atoms with Crippen LogP contribution < -0.4 is 5.32 Å². The van der Waals surface area contributed by atoms with E-state index in [1.165, 1.54) is 18.2 Å².